The zero-order valence-corrected chi connectivity index (χ0v) is 13.8. The Morgan fingerprint density at radius 1 is 1.20 bits per heavy atom. The maximum absolute atomic E-state index is 10.5. The van der Waals surface area contributed by atoms with Gasteiger partial charge in [0.1, 0.15) is 5.75 Å². The van der Waals surface area contributed by atoms with Crippen molar-refractivity contribution in [3.05, 3.63) is 47.6 Å². The highest BCUT2D eigenvalue weighted by atomic mass is 35.5. The van der Waals surface area contributed by atoms with Gasteiger partial charge in [-0.2, -0.15) is 4.80 Å². The van der Waals surface area contributed by atoms with Gasteiger partial charge in [0, 0.05) is 24.2 Å². The normalized spacial score (nSPS) is 10.6. The third kappa shape index (κ3) is 4.74. The van der Waals surface area contributed by atoms with E-state index in [0.717, 1.165) is 5.56 Å². The van der Waals surface area contributed by atoms with E-state index in [1.807, 2.05) is 12.1 Å². The molecule has 1 N–H and O–H groups in total. The van der Waals surface area contributed by atoms with Crippen molar-refractivity contribution in [3.8, 4) is 23.0 Å². The molecule has 0 atom stereocenters. The molecule has 9 heteroatoms. The number of tetrazole rings is 1. The smallest absolute Gasteiger partial charge is 0.303 e. The third-order valence-corrected chi connectivity index (χ3v) is 3.46. The molecular formula is C16H14ClN5O3. The lowest BCUT2D eigenvalue weighted by atomic mass is 10.2. The maximum Gasteiger partial charge on any atom is 0.303 e. The van der Waals surface area contributed by atoms with Crippen LogP contribution in [-0.4, -0.2) is 36.3 Å². The Hall–Kier alpha value is -3.00. The second-order valence-corrected chi connectivity index (χ2v) is 5.58. The van der Waals surface area contributed by atoms with E-state index in [1.54, 1.807) is 24.3 Å². The maximum atomic E-state index is 10.5. The summed E-state index contributed by atoms with van der Waals surface area (Å²) in [6.45, 7) is 0.405. The summed E-state index contributed by atoms with van der Waals surface area (Å²) >= 11 is 5.78. The number of pyridine rings is 1. The van der Waals surface area contributed by atoms with Crippen molar-refractivity contribution < 1.29 is 14.6 Å². The zero-order valence-electron chi connectivity index (χ0n) is 13.0. The molecule has 0 saturated heterocycles. The van der Waals surface area contributed by atoms with Crippen LogP contribution in [0.1, 0.15) is 12.8 Å². The second-order valence-electron chi connectivity index (χ2n) is 5.15. The molecule has 128 valence electrons. The zero-order chi connectivity index (χ0) is 17.6. The van der Waals surface area contributed by atoms with E-state index in [4.69, 9.17) is 21.4 Å². The molecule has 3 rings (SSSR count). The number of aliphatic carboxylic acids is 1. The van der Waals surface area contributed by atoms with Crippen LogP contribution in [0.5, 0.6) is 11.6 Å². The molecule has 0 spiro atoms. The molecule has 0 unspecified atom stereocenters. The van der Waals surface area contributed by atoms with E-state index in [9.17, 15) is 4.79 Å². The first kappa shape index (κ1) is 16.8. The summed E-state index contributed by atoms with van der Waals surface area (Å²) < 4.78 is 5.62. The number of hydrogen-bond donors (Lipinski definition) is 1. The number of aryl methyl sites for hydroxylation is 1. The minimum atomic E-state index is -0.842. The molecule has 8 nitrogen and oxygen atoms in total. The van der Waals surface area contributed by atoms with Crippen molar-refractivity contribution in [2.24, 2.45) is 0 Å². The van der Waals surface area contributed by atoms with E-state index >= 15 is 0 Å². The Kier molecular flexibility index (Phi) is 5.20. The van der Waals surface area contributed by atoms with Gasteiger partial charge < -0.3 is 9.84 Å². The Morgan fingerprint density at radius 2 is 2.00 bits per heavy atom. The van der Waals surface area contributed by atoms with Crippen LogP contribution in [0.3, 0.4) is 0 Å². The monoisotopic (exact) mass is 359 g/mol. The number of hydrogen-bond acceptors (Lipinski definition) is 6. The van der Waals surface area contributed by atoms with E-state index < -0.39 is 5.97 Å². The van der Waals surface area contributed by atoms with Gasteiger partial charge in [-0.15, -0.1) is 10.2 Å². The van der Waals surface area contributed by atoms with Crippen LogP contribution in [-0.2, 0) is 11.3 Å². The summed E-state index contributed by atoms with van der Waals surface area (Å²) in [6, 6.07) is 10.5. The van der Waals surface area contributed by atoms with E-state index in [2.05, 4.69) is 20.4 Å². The van der Waals surface area contributed by atoms with Crippen LogP contribution in [0.25, 0.3) is 11.4 Å². The molecule has 0 saturated carbocycles. The quantitative estimate of drug-likeness (QED) is 0.691. The summed E-state index contributed by atoms with van der Waals surface area (Å²) in [4.78, 5) is 16.0. The van der Waals surface area contributed by atoms with Crippen molar-refractivity contribution in [3.63, 3.8) is 0 Å². The Morgan fingerprint density at radius 3 is 2.68 bits per heavy atom. The lowest BCUT2D eigenvalue weighted by Gasteiger charge is -2.04. The first-order chi connectivity index (χ1) is 12.1. The molecule has 0 aliphatic carbocycles. The molecule has 25 heavy (non-hydrogen) atoms. The third-order valence-electron chi connectivity index (χ3n) is 3.24. The number of aromatic nitrogens is 5. The second kappa shape index (κ2) is 7.71. The summed E-state index contributed by atoms with van der Waals surface area (Å²) in [5.74, 6) is 0.685. The van der Waals surface area contributed by atoms with Gasteiger partial charge in [0.2, 0.25) is 11.7 Å². The van der Waals surface area contributed by atoms with Crippen LogP contribution < -0.4 is 4.74 Å². The number of benzene rings is 1. The lowest BCUT2D eigenvalue weighted by Crippen LogP contribution is -2.05. The first-order valence-corrected chi connectivity index (χ1v) is 7.87. The summed E-state index contributed by atoms with van der Waals surface area (Å²) in [6.07, 6.45) is 2.03. The molecule has 0 radical (unpaired) electrons. The van der Waals surface area contributed by atoms with Gasteiger partial charge in [-0.3, -0.25) is 4.79 Å². The number of nitrogens with zero attached hydrogens (tertiary/aromatic N) is 5. The number of carboxylic acid groups (broad SMARTS) is 1. The van der Waals surface area contributed by atoms with Crippen LogP contribution in [0, 0.1) is 0 Å². The van der Waals surface area contributed by atoms with Crippen LogP contribution in [0.2, 0.25) is 5.02 Å². The van der Waals surface area contributed by atoms with Crippen molar-refractivity contribution in [2.45, 2.75) is 19.4 Å². The standard InChI is InChI=1S/C16H14ClN5O3/c17-12-5-8-14(18-10-12)25-13-6-3-11(4-7-13)16-19-21-22(20-16)9-1-2-15(23)24/h3-8,10H,1-2,9H2,(H,23,24). The Balaban J connectivity index is 1.63. The van der Waals surface area contributed by atoms with Crippen molar-refractivity contribution >= 4 is 17.6 Å². The van der Waals surface area contributed by atoms with Gasteiger partial charge in [-0.05, 0) is 42.0 Å². The molecule has 0 amide bonds. The number of carboxylic acids is 1. The van der Waals surface area contributed by atoms with Gasteiger partial charge in [0.15, 0.2) is 0 Å². The molecule has 2 aromatic heterocycles. The van der Waals surface area contributed by atoms with Crippen molar-refractivity contribution in [2.75, 3.05) is 0 Å². The highest BCUT2D eigenvalue weighted by molar-refractivity contribution is 6.30. The van der Waals surface area contributed by atoms with Gasteiger partial charge in [0.05, 0.1) is 11.6 Å². The Labute approximate surface area is 148 Å². The van der Waals surface area contributed by atoms with Crippen LogP contribution >= 0.6 is 11.6 Å². The van der Waals surface area contributed by atoms with Gasteiger partial charge in [-0.1, -0.05) is 11.6 Å². The summed E-state index contributed by atoms with van der Waals surface area (Å²) in [5.41, 5.74) is 0.779. The predicted octanol–water partition coefficient (Wildman–Crippen LogP) is 3.05. The lowest BCUT2D eigenvalue weighted by molar-refractivity contribution is -0.137. The van der Waals surface area contributed by atoms with E-state index in [0.29, 0.717) is 35.4 Å². The topological polar surface area (TPSA) is 103 Å². The fraction of sp³-hybridized carbons (Fsp3) is 0.188. The van der Waals surface area contributed by atoms with Gasteiger partial charge in [-0.25, -0.2) is 4.98 Å². The highest BCUT2D eigenvalue weighted by Gasteiger charge is 2.07. The highest BCUT2D eigenvalue weighted by Crippen LogP contribution is 2.23. The molecule has 3 aromatic rings. The van der Waals surface area contributed by atoms with Gasteiger partial charge in [0.25, 0.3) is 0 Å². The molecule has 1 aromatic carbocycles. The Bertz CT molecular complexity index is 849. The first-order valence-electron chi connectivity index (χ1n) is 7.49. The van der Waals surface area contributed by atoms with Crippen molar-refractivity contribution in [1.82, 2.24) is 25.2 Å². The molecular weight excluding hydrogens is 346 g/mol. The fourth-order valence-corrected chi connectivity index (χ4v) is 2.15. The average molecular weight is 360 g/mol. The van der Waals surface area contributed by atoms with E-state index in [-0.39, 0.29) is 6.42 Å². The molecule has 0 fully saturated rings. The van der Waals surface area contributed by atoms with E-state index in [1.165, 1.54) is 11.0 Å². The number of carbonyl (C=O) groups is 1. The molecule has 0 aliphatic heterocycles. The average Bonchev–Trinajstić information content (AvgIpc) is 3.06. The van der Waals surface area contributed by atoms with Crippen LogP contribution in [0.4, 0.5) is 0 Å². The van der Waals surface area contributed by atoms with Gasteiger partial charge >= 0.3 is 5.97 Å². The largest absolute Gasteiger partial charge is 0.481 e. The van der Waals surface area contributed by atoms with Crippen molar-refractivity contribution in [1.29, 1.82) is 0 Å². The summed E-state index contributed by atoms with van der Waals surface area (Å²) in [5, 5.41) is 21.3. The fourth-order valence-electron chi connectivity index (χ4n) is 2.04. The summed E-state index contributed by atoms with van der Waals surface area (Å²) in [7, 11) is 0. The predicted molar refractivity (Wildman–Crippen MR) is 89.4 cm³/mol. The number of halogens is 1. The molecule has 0 aliphatic rings. The SMILES string of the molecule is O=C(O)CCCn1nnc(-c2ccc(Oc3ccc(Cl)cn3)cc2)n1. The minimum absolute atomic E-state index is 0.0711. The number of ether oxygens (including phenoxy) is 1. The molecule has 0 bridgehead atoms. The van der Waals surface area contributed by atoms with Crippen LogP contribution in [0.15, 0.2) is 42.6 Å². The molecule has 2 heterocycles. The minimum Gasteiger partial charge on any atom is -0.481 e. The number of rotatable bonds is 7.